The summed E-state index contributed by atoms with van der Waals surface area (Å²) in [6, 6.07) is 0.173. The monoisotopic (exact) mass is 268 g/mol. The summed E-state index contributed by atoms with van der Waals surface area (Å²) in [7, 11) is 0. The molecule has 0 bridgehead atoms. The van der Waals surface area contributed by atoms with Gasteiger partial charge in [-0.05, 0) is 33.1 Å². The fourth-order valence-corrected chi connectivity index (χ4v) is 3.11. The van der Waals surface area contributed by atoms with E-state index < -0.39 is 5.54 Å². The molecule has 0 saturated carbocycles. The van der Waals surface area contributed by atoms with Gasteiger partial charge in [-0.3, -0.25) is 9.59 Å². The molecule has 1 N–H and O–H groups in total. The van der Waals surface area contributed by atoms with Crippen LogP contribution in [0.15, 0.2) is 0 Å². The minimum atomic E-state index is -0.705. The van der Waals surface area contributed by atoms with E-state index in [1.807, 2.05) is 25.7 Å². The molecule has 19 heavy (non-hydrogen) atoms. The van der Waals surface area contributed by atoms with Crippen LogP contribution in [0.1, 0.15) is 66.7 Å². The van der Waals surface area contributed by atoms with E-state index in [-0.39, 0.29) is 23.9 Å². The predicted octanol–water partition coefficient (Wildman–Crippen LogP) is 2.47. The largest absolute Gasteiger partial charge is 0.342 e. The third kappa shape index (κ3) is 3.10. The number of rotatable bonds is 5. The van der Waals surface area contributed by atoms with E-state index in [4.69, 9.17) is 0 Å². The van der Waals surface area contributed by atoms with Gasteiger partial charge in [0.25, 0.3) is 0 Å². The Balaban J connectivity index is 3.12. The molecule has 0 aromatic rings. The summed E-state index contributed by atoms with van der Waals surface area (Å²) in [5, 5.41) is 2.97. The van der Waals surface area contributed by atoms with Crippen molar-refractivity contribution in [1.82, 2.24) is 10.2 Å². The Morgan fingerprint density at radius 1 is 1.32 bits per heavy atom. The normalized spacial score (nSPS) is 24.9. The van der Waals surface area contributed by atoms with E-state index in [2.05, 4.69) is 19.2 Å². The minimum absolute atomic E-state index is 0.00394. The average molecular weight is 268 g/mol. The third-order valence-electron chi connectivity index (χ3n) is 4.37. The van der Waals surface area contributed by atoms with Gasteiger partial charge in [0.05, 0.1) is 0 Å². The molecule has 110 valence electrons. The van der Waals surface area contributed by atoms with E-state index in [1.54, 1.807) is 0 Å². The van der Waals surface area contributed by atoms with Crippen LogP contribution in [0.25, 0.3) is 0 Å². The number of carbonyl (C=O) groups excluding carboxylic acids is 2. The van der Waals surface area contributed by atoms with Crippen molar-refractivity contribution in [3.8, 4) is 0 Å². The SMILES string of the molecule is CCCC(C)N1C(=O)C(CC)(CC)NC(=O)CC1C. The van der Waals surface area contributed by atoms with Crippen LogP contribution in [0.5, 0.6) is 0 Å². The number of carbonyl (C=O) groups is 2. The molecule has 0 radical (unpaired) electrons. The van der Waals surface area contributed by atoms with Crippen molar-refractivity contribution in [3.05, 3.63) is 0 Å². The second-order valence-electron chi connectivity index (χ2n) is 5.74. The number of nitrogens with one attached hydrogen (secondary N) is 1. The van der Waals surface area contributed by atoms with Crippen LogP contribution in [0.3, 0.4) is 0 Å². The number of nitrogens with zero attached hydrogens (tertiary/aromatic N) is 1. The molecule has 1 saturated heterocycles. The van der Waals surface area contributed by atoms with Gasteiger partial charge < -0.3 is 10.2 Å². The topological polar surface area (TPSA) is 49.4 Å². The van der Waals surface area contributed by atoms with E-state index in [0.717, 1.165) is 12.8 Å². The quantitative estimate of drug-likeness (QED) is 0.832. The van der Waals surface area contributed by atoms with Gasteiger partial charge in [0.15, 0.2) is 0 Å². The summed E-state index contributed by atoms with van der Waals surface area (Å²) in [6.45, 7) is 10.1. The summed E-state index contributed by atoms with van der Waals surface area (Å²) in [6.07, 6.45) is 3.73. The van der Waals surface area contributed by atoms with Gasteiger partial charge >= 0.3 is 0 Å². The van der Waals surface area contributed by atoms with Gasteiger partial charge in [-0.25, -0.2) is 0 Å². The van der Waals surface area contributed by atoms with Crippen LogP contribution >= 0.6 is 0 Å². The molecule has 0 spiro atoms. The minimum Gasteiger partial charge on any atom is -0.342 e. The Kier molecular flexibility index (Phi) is 5.39. The number of amides is 2. The van der Waals surface area contributed by atoms with E-state index in [9.17, 15) is 9.59 Å². The molecular weight excluding hydrogens is 240 g/mol. The third-order valence-corrected chi connectivity index (χ3v) is 4.37. The van der Waals surface area contributed by atoms with Crippen LogP contribution in [0.2, 0.25) is 0 Å². The van der Waals surface area contributed by atoms with Crippen molar-refractivity contribution in [2.75, 3.05) is 0 Å². The highest BCUT2D eigenvalue weighted by Crippen LogP contribution is 2.27. The molecule has 0 aromatic carbocycles. The van der Waals surface area contributed by atoms with Crippen molar-refractivity contribution in [1.29, 1.82) is 0 Å². The first-order valence-corrected chi connectivity index (χ1v) is 7.55. The lowest BCUT2D eigenvalue weighted by molar-refractivity contribution is -0.142. The fourth-order valence-electron chi connectivity index (χ4n) is 3.11. The first kappa shape index (κ1) is 16.0. The molecule has 2 atom stereocenters. The molecule has 2 amide bonds. The van der Waals surface area contributed by atoms with Crippen molar-refractivity contribution in [3.63, 3.8) is 0 Å². The van der Waals surface area contributed by atoms with Gasteiger partial charge in [0.2, 0.25) is 11.8 Å². The van der Waals surface area contributed by atoms with Crippen molar-refractivity contribution in [2.24, 2.45) is 0 Å². The van der Waals surface area contributed by atoms with E-state index >= 15 is 0 Å². The molecule has 1 aliphatic heterocycles. The highest BCUT2D eigenvalue weighted by molar-refractivity contribution is 5.94. The van der Waals surface area contributed by atoms with Crippen LogP contribution in [-0.2, 0) is 9.59 Å². The lowest BCUT2D eigenvalue weighted by Gasteiger charge is -2.39. The van der Waals surface area contributed by atoms with E-state index in [0.29, 0.717) is 19.3 Å². The highest BCUT2D eigenvalue weighted by atomic mass is 16.2. The second-order valence-corrected chi connectivity index (χ2v) is 5.74. The first-order chi connectivity index (χ1) is 8.91. The lowest BCUT2D eigenvalue weighted by atomic mass is 9.90. The Bertz CT molecular complexity index is 337. The molecule has 4 nitrogen and oxygen atoms in total. The predicted molar refractivity (Wildman–Crippen MR) is 76.8 cm³/mol. The molecule has 2 unspecified atom stereocenters. The standard InChI is InChI=1S/C15H28N2O2/c1-6-9-11(4)17-12(5)10-13(18)16-15(7-2,8-3)14(17)19/h11-12H,6-10H2,1-5H3,(H,16,18). The zero-order valence-corrected chi connectivity index (χ0v) is 13.0. The summed E-state index contributed by atoms with van der Waals surface area (Å²) in [5.74, 6) is 0.0903. The summed E-state index contributed by atoms with van der Waals surface area (Å²) < 4.78 is 0. The van der Waals surface area contributed by atoms with E-state index in [1.165, 1.54) is 0 Å². The smallest absolute Gasteiger partial charge is 0.248 e. The van der Waals surface area contributed by atoms with Crippen molar-refractivity contribution >= 4 is 11.8 Å². The maximum Gasteiger partial charge on any atom is 0.248 e. The maximum absolute atomic E-state index is 12.9. The van der Waals surface area contributed by atoms with Gasteiger partial charge in [-0.15, -0.1) is 0 Å². The van der Waals surface area contributed by atoms with Crippen LogP contribution in [0, 0.1) is 0 Å². The molecule has 1 fully saturated rings. The first-order valence-electron chi connectivity index (χ1n) is 7.55. The van der Waals surface area contributed by atoms with Gasteiger partial charge in [0.1, 0.15) is 5.54 Å². The number of hydrogen-bond donors (Lipinski definition) is 1. The van der Waals surface area contributed by atoms with Gasteiger partial charge in [-0.1, -0.05) is 27.2 Å². The Labute approximate surface area is 116 Å². The van der Waals surface area contributed by atoms with Crippen LogP contribution < -0.4 is 5.32 Å². The summed E-state index contributed by atoms with van der Waals surface area (Å²) in [4.78, 5) is 26.9. The molecule has 4 heteroatoms. The molecular formula is C15H28N2O2. The molecule has 1 rings (SSSR count). The lowest BCUT2D eigenvalue weighted by Crippen LogP contribution is -2.58. The maximum atomic E-state index is 12.9. The second kappa shape index (κ2) is 6.40. The number of hydrogen-bond acceptors (Lipinski definition) is 2. The summed E-state index contributed by atoms with van der Waals surface area (Å²) >= 11 is 0. The molecule has 1 aliphatic rings. The van der Waals surface area contributed by atoms with Crippen LogP contribution in [0.4, 0.5) is 0 Å². The van der Waals surface area contributed by atoms with Crippen molar-refractivity contribution in [2.45, 2.75) is 84.3 Å². The molecule has 0 aromatic heterocycles. The van der Waals surface area contributed by atoms with Crippen molar-refractivity contribution < 1.29 is 9.59 Å². The Hall–Kier alpha value is -1.06. The summed E-state index contributed by atoms with van der Waals surface area (Å²) in [5.41, 5.74) is -0.705. The molecule has 0 aliphatic carbocycles. The van der Waals surface area contributed by atoms with Crippen LogP contribution in [-0.4, -0.2) is 34.3 Å². The Morgan fingerprint density at radius 2 is 1.89 bits per heavy atom. The average Bonchev–Trinajstić information content (AvgIpc) is 2.44. The zero-order chi connectivity index (χ0) is 14.6. The van der Waals surface area contributed by atoms with Gasteiger partial charge in [0, 0.05) is 18.5 Å². The molecule has 1 heterocycles. The fraction of sp³-hybridized carbons (Fsp3) is 0.867. The van der Waals surface area contributed by atoms with Gasteiger partial charge in [-0.2, -0.15) is 0 Å². The zero-order valence-electron chi connectivity index (χ0n) is 13.0. The highest BCUT2D eigenvalue weighted by Gasteiger charge is 2.45. The Morgan fingerprint density at radius 3 is 2.37 bits per heavy atom.